The van der Waals surface area contributed by atoms with Crippen LogP contribution < -0.4 is 5.56 Å². The molecule has 2 fully saturated rings. The Hall–Kier alpha value is -1.89. The fourth-order valence-electron chi connectivity index (χ4n) is 4.36. The van der Waals surface area contributed by atoms with Gasteiger partial charge in [0.2, 0.25) is 0 Å². The van der Waals surface area contributed by atoms with Crippen LogP contribution in [0.25, 0.3) is 0 Å². The Kier molecular flexibility index (Phi) is 4.86. The van der Waals surface area contributed by atoms with Gasteiger partial charge >= 0.3 is 6.09 Å². The average Bonchev–Trinajstić information content (AvgIpc) is 3.01. The van der Waals surface area contributed by atoms with E-state index in [9.17, 15) is 14.7 Å². The van der Waals surface area contributed by atoms with Crippen LogP contribution in [0.4, 0.5) is 4.79 Å². The lowest BCUT2D eigenvalue weighted by molar-refractivity contribution is -0.140. The lowest BCUT2D eigenvalue weighted by Gasteiger charge is -2.52. The molecule has 1 unspecified atom stereocenters. The lowest BCUT2D eigenvalue weighted by Crippen LogP contribution is -2.62. The van der Waals surface area contributed by atoms with E-state index in [4.69, 9.17) is 4.74 Å². The van der Waals surface area contributed by atoms with Crippen molar-refractivity contribution in [3.05, 3.63) is 28.9 Å². The summed E-state index contributed by atoms with van der Waals surface area (Å²) < 4.78 is 7.00. The number of hydrogen-bond acceptors (Lipinski definition) is 5. The van der Waals surface area contributed by atoms with Crippen molar-refractivity contribution in [1.82, 2.24) is 14.5 Å². The van der Waals surface area contributed by atoms with E-state index in [0.29, 0.717) is 19.5 Å². The van der Waals surface area contributed by atoms with Gasteiger partial charge in [0.05, 0.1) is 18.5 Å². The third-order valence-electron chi connectivity index (χ3n) is 5.71. The maximum Gasteiger partial charge on any atom is 0.410 e. The highest BCUT2D eigenvalue weighted by Gasteiger charge is 2.56. The van der Waals surface area contributed by atoms with Gasteiger partial charge < -0.3 is 14.7 Å². The molecule has 1 aliphatic carbocycles. The number of piperidine rings is 1. The zero-order chi connectivity index (χ0) is 19.0. The summed E-state index contributed by atoms with van der Waals surface area (Å²) in [7, 11) is 0. The molecule has 1 aromatic heterocycles. The molecule has 3 rings (SSSR count). The van der Waals surface area contributed by atoms with Crippen LogP contribution in [0, 0.1) is 5.41 Å². The van der Waals surface area contributed by atoms with E-state index in [0.717, 1.165) is 25.7 Å². The van der Waals surface area contributed by atoms with Gasteiger partial charge in [0.1, 0.15) is 5.60 Å². The van der Waals surface area contributed by atoms with Crippen LogP contribution in [0.3, 0.4) is 0 Å². The summed E-state index contributed by atoms with van der Waals surface area (Å²) >= 11 is 0. The number of carbonyl (C=O) groups is 1. The molecule has 1 saturated heterocycles. The fraction of sp³-hybridized carbons (Fsp3) is 0.737. The number of likely N-dealkylation sites (tertiary alicyclic amines) is 1. The van der Waals surface area contributed by atoms with Gasteiger partial charge in [-0.3, -0.25) is 9.36 Å². The Bertz CT molecular complexity index is 718. The van der Waals surface area contributed by atoms with Crippen LogP contribution in [0.1, 0.15) is 52.9 Å². The minimum Gasteiger partial charge on any atom is -0.444 e. The number of carbonyl (C=O) groups excluding carboxylic acids is 1. The number of nitrogens with zero attached hydrogens (tertiary/aromatic N) is 3. The normalized spacial score (nSPS) is 25.5. The molecular formula is C19H29N3O4. The van der Waals surface area contributed by atoms with Crippen molar-refractivity contribution in [2.24, 2.45) is 5.41 Å². The Labute approximate surface area is 154 Å². The third kappa shape index (κ3) is 3.63. The van der Waals surface area contributed by atoms with E-state index < -0.39 is 16.6 Å². The monoisotopic (exact) mass is 363 g/mol. The second-order valence-corrected chi connectivity index (χ2v) is 8.72. The van der Waals surface area contributed by atoms with E-state index in [1.54, 1.807) is 4.90 Å². The van der Waals surface area contributed by atoms with Crippen molar-refractivity contribution >= 4 is 6.09 Å². The summed E-state index contributed by atoms with van der Waals surface area (Å²) in [6, 6.07) is 1.40. The highest BCUT2D eigenvalue weighted by atomic mass is 16.6. The van der Waals surface area contributed by atoms with E-state index in [1.165, 1.54) is 23.2 Å². The summed E-state index contributed by atoms with van der Waals surface area (Å²) in [5.74, 6) is 0. The van der Waals surface area contributed by atoms with E-state index in [1.807, 2.05) is 20.8 Å². The average molecular weight is 363 g/mol. The van der Waals surface area contributed by atoms with Crippen LogP contribution in [0.5, 0.6) is 0 Å². The predicted molar refractivity (Wildman–Crippen MR) is 96.8 cm³/mol. The number of aliphatic hydroxyl groups is 1. The van der Waals surface area contributed by atoms with E-state index in [-0.39, 0.29) is 18.2 Å². The van der Waals surface area contributed by atoms with Gasteiger partial charge in [-0.1, -0.05) is 12.8 Å². The topological polar surface area (TPSA) is 84.7 Å². The SMILES string of the molecule is CC(C)(C)OC(=O)N1CCC(O)(Cn2cnccc2=O)C2(CCCC2)C1. The van der Waals surface area contributed by atoms with Crippen molar-refractivity contribution < 1.29 is 14.6 Å². The quantitative estimate of drug-likeness (QED) is 0.870. The number of rotatable bonds is 2. The molecule has 0 aromatic carbocycles. The highest BCUT2D eigenvalue weighted by Crippen LogP contribution is 2.51. The molecule has 0 bridgehead atoms. The van der Waals surface area contributed by atoms with E-state index in [2.05, 4.69) is 4.98 Å². The van der Waals surface area contributed by atoms with E-state index >= 15 is 0 Å². The highest BCUT2D eigenvalue weighted by molar-refractivity contribution is 5.68. The smallest absolute Gasteiger partial charge is 0.410 e. The summed E-state index contributed by atoms with van der Waals surface area (Å²) in [5.41, 5.74) is -2.15. The minimum absolute atomic E-state index is 0.170. The van der Waals surface area contributed by atoms with Crippen molar-refractivity contribution in [3.63, 3.8) is 0 Å². The molecule has 1 N–H and O–H groups in total. The van der Waals surface area contributed by atoms with Crippen molar-refractivity contribution in [2.75, 3.05) is 13.1 Å². The maximum absolute atomic E-state index is 12.5. The number of hydrogen-bond donors (Lipinski definition) is 1. The zero-order valence-corrected chi connectivity index (χ0v) is 15.9. The third-order valence-corrected chi connectivity index (χ3v) is 5.71. The van der Waals surface area contributed by atoms with Crippen LogP contribution in [-0.2, 0) is 11.3 Å². The minimum atomic E-state index is -1.03. The summed E-state index contributed by atoms with van der Waals surface area (Å²) in [4.78, 5) is 30.4. The van der Waals surface area contributed by atoms with Crippen molar-refractivity contribution in [2.45, 2.75) is 70.6 Å². The first-order chi connectivity index (χ1) is 12.1. The maximum atomic E-state index is 12.5. The van der Waals surface area contributed by atoms with Gasteiger partial charge in [-0.05, 0) is 40.0 Å². The van der Waals surface area contributed by atoms with Crippen LogP contribution in [-0.4, -0.2) is 49.9 Å². The summed E-state index contributed by atoms with van der Waals surface area (Å²) in [6.45, 7) is 6.65. The number of ether oxygens (including phenoxy) is 1. The predicted octanol–water partition coefficient (Wildman–Crippen LogP) is 2.18. The largest absolute Gasteiger partial charge is 0.444 e. The van der Waals surface area contributed by atoms with Gasteiger partial charge in [-0.15, -0.1) is 0 Å². The number of amides is 1. The molecule has 1 aromatic rings. The molecule has 26 heavy (non-hydrogen) atoms. The Morgan fingerprint density at radius 1 is 1.31 bits per heavy atom. The Balaban J connectivity index is 1.83. The number of aromatic nitrogens is 2. The molecule has 2 heterocycles. The van der Waals surface area contributed by atoms with Gasteiger partial charge in [0.15, 0.2) is 0 Å². The van der Waals surface area contributed by atoms with Crippen molar-refractivity contribution in [1.29, 1.82) is 0 Å². The molecular weight excluding hydrogens is 334 g/mol. The van der Waals surface area contributed by atoms with Crippen molar-refractivity contribution in [3.8, 4) is 0 Å². The molecule has 1 spiro atoms. The van der Waals surface area contributed by atoms with Gasteiger partial charge in [0.25, 0.3) is 5.56 Å². The molecule has 1 amide bonds. The molecule has 0 radical (unpaired) electrons. The first-order valence-electron chi connectivity index (χ1n) is 9.35. The lowest BCUT2D eigenvalue weighted by atomic mass is 9.66. The first kappa shape index (κ1) is 18.9. The Morgan fingerprint density at radius 2 is 2.00 bits per heavy atom. The Morgan fingerprint density at radius 3 is 2.62 bits per heavy atom. The molecule has 1 saturated carbocycles. The molecule has 7 heteroatoms. The molecule has 2 aliphatic rings. The van der Waals surface area contributed by atoms with Crippen LogP contribution >= 0.6 is 0 Å². The van der Waals surface area contributed by atoms with Crippen LogP contribution in [0.15, 0.2) is 23.4 Å². The standard InChI is InChI=1S/C19H29N3O4/c1-17(2,3)26-16(24)21-11-9-19(25,18(12-21)7-4-5-8-18)13-22-14-20-10-6-15(22)23/h6,10,14,25H,4-5,7-9,11-13H2,1-3H3. The molecule has 1 aliphatic heterocycles. The zero-order valence-electron chi connectivity index (χ0n) is 15.9. The second kappa shape index (κ2) is 6.68. The fourth-order valence-corrected chi connectivity index (χ4v) is 4.36. The van der Waals surface area contributed by atoms with Gasteiger partial charge in [0, 0.05) is 30.8 Å². The second-order valence-electron chi connectivity index (χ2n) is 8.72. The molecule has 7 nitrogen and oxygen atoms in total. The summed E-state index contributed by atoms with van der Waals surface area (Å²) in [6.07, 6.45) is 6.76. The summed E-state index contributed by atoms with van der Waals surface area (Å²) in [5, 5.41) is 11.6. The first-order valence-corrected chi connectivity index (χ1v) is 9.35. The van der Waals surface area contributed by atoms with Gasteiger partial charge in [-0.2, -0.15) is 0 Å². The van der Waals surface area contributed by atoms with Gasteiger partial charge in [-0.25, -0.2) is 9.78 Å². The van der Waals surface area contributed by atoms with Crippen LogP contribution in [0.2, 0.25) is 0 Å². The molecule has 1 atom stereocenters. The molecule has 144 valence electrons.